The van der Waals surface area contributed by atoms with Crippen LogP contribution in [0.5, 0.6) is 0 Å². The molecular formula is C7H12O5. The second-order valence-electron chi connectivity index (χ2n) is 2.79. The molecule has 1 rings (SSSR count). The van der Waals surface area contributed by atoms with Crippen molar-refractivity contribution in [3.63, 3.8) is 0 Å². The van der Waals surface area contributed by atoms with Gasteiger partial charge in [0.05, 0.1) is 6.10 Å². The SMILES string of the molecule is CO[C@@H]1[C@H]([C@H](C)O)OC(=O)[C@@H]1O. The summed E-state index contributed by atoms with van der Waals surface area (Å²) in [5.74, 6) is -0.743. The van der Waals surface area contributed by atoms with Crippen LogP contribution < -0.4 is 0 Å². The first kappa shape index (κ1) is 9.44. The minimum absolute atomic E-state index is 0.743. The first-order valence-electron chi connectivity index (χ1n) is 3.67. The molecule has 0 amide bonds. The Morgan fingerprint density at radius 2 is 2.25 bits per heavy atom. The monoisotopic (exact) mass is 176 g/mol. The van der Waals surface area contributed by atoms with E-state index in [2.05, 4.69) is 4.74 Å². The van der Waals surface area contributed by atoms with Crippen LogP contribution in [0.3, 0.4) is 0 Å². The normalized spacial score (nSPS) is 38.0. The van der Waals surface area contributed by atoms with Crippen molar-refractivity contribution < 1.29 is 24.5 Å². The number of rotatable bonds is 2. The van der Waals surface area contributed by atoms with E-state index in [-0.39, 0.29) is 0 Å². The second kappa shape index (κ2) is 3.38. The average molecular weight is 176 g/mol. The molecule has 5 nitrogen and oxygen atoms in total. The van der Waals surface area contributed by atoms with E-state index in [1.807, 2.05) is 0 Å². The molecule has 0 aromatic heterocycles. The third kappa shape index (κ3) is 1.43. The summed E-state index contributed by atoms with van der Waals surface area (Å²) < 4.78 is 9.49. The van der Waals surface area contributed by atoms with Crippen LogP contribution in [0.2, 0.25) is 0 Å². The van der Waals surface area contributed by atoms with Gasteiger partial charge in [-0.25, -0.2) is 4.79 Å². The van der Waals surface area contributed by atoms with Crippen molar-refractivity contribution in [2.24, 2.45) is 0 Å². The van der Waals surface area contributed by atoms with Crippen LogP contribution in [-0.4, -0.2) is 47.7 Å². The predicted octanol–water partition coefficient (Wildman–Crippen LogP) is -1.33. The van der Waals surface area contributed by atoms with Gasteiger partial charge in [-0.3, -0.25) is 0 Å². The van der Waals surface area contributed by atoms with E-state index >= 15 is 0 Å². The van der Waals surface area contributed by atoms with E-state index in [1.54, 1.807) is 0 Å². The fraction of sp³-hybridized carbons (Fsp3) is 0.857. The number of methoxy groups -OCH3 is 1. The first-order valence-corrected chi connectivity index (χ1v) is 3.67. The molecule has 1 saturated heterocycles. The number of aliphatic hydroxyl groups is 2. The van der Waals surface area contributed by atoms with Crippen LogP contribution in [0, 0.1) is 0 Å². The van der Waals surface area contributed by atoms with Gasteiger partial charge >= 0.3 is 5.97 Å². The number of cyclic esters (lactones) is 1. The lowest BCUT2D eigenvalue weighted by Gasteiger charge is -2.19. The number of hydrogen-bond donors (Lipinski definition) is 2. The van der Waals surface area contributed by atoms with Gasteiger partial charge in [-0.1, -0.05) is 0 Å². The average Bonchev–Trinajstić information content (AvgIpc) is 2.29. The quantitative estimate of drug-likeness (QED) is 0.510. The Morgan fingerprint density at radius 1 is 1.67 bits per heavy atom. The van der Waals surface area contributed by atoms with Crippen molar-refractivity contribution in [3.05, 3.63) is 0 Å². The van der Waals surface area contributed by atoms with Crippen molar-refractivity contribution in [3.8, 4) is 0 Å². The highest BCUT2D eigenvalue weighted by atomic mass is 16.6. The van der Waals surface area contributed by atoms with Crippen LogP contribution in [0.1, 0.15) is 6.92 Å². The highest BCUT2D eigenvalue weighted by molar-refractivity contribution is 5.77. The number of hydrogen-bond acceptors (Lipinski definition) is 5. The van der Waals surface area contributed by atoms with Crippen molar-refractivity contribution in [2.75, 3.05) is 7.11 Å². The third-order valence-electron chi connectivity index (χ3n) is 1.88. The molecule has 1 aliphatic rings. The molecule has 12 heavy (non-hydrogen) atoms. The Kier molecular flexibility index (Phi) is 2.66. The molecule has 0 radical (unpaired) electrons. The molecule has 0 unspecified atom stereocenters. The Hall–Kier alpha value is -0.650. The lowest BCUT2D eigenvalue weighted by molar-refractivity contribution is -0.150. The Morgan fingerprint density at radius 3 is 2.58 bits per heavy atom. The Bertz CT molecular complexity index is 179. The maximum Gasteiger partial charge on any atom is 0.338 e. The zero-order valence-corrected chi connectivity index (χ0v) is 6.93. The lowest BCUT2D eigenvalue weighted by Crippen LogP contribution is -2.38. The van der Waals surface area contributed by atoms with Crippen LogP contribution in [0.4, 0.5) is 0 Å². The van der Waals surface area contributed by atoms with Crippen LogP contribution in [0.25, 0.3) is 0 Å². The van der Waals surface area contributed by atoms with Crippen molar-refractivity contribution >= 4 is 5.97 Å². The maximum atomic E-state index is 10.8. The number of esters is 1. The highest BCUT2D eigenvalue weighted by Gasteiger charge is 2.46. The number of ether oxygens (including phenoxy) is 2. The van der Waals surface area contributed by atoms with Crippen LogP contribution in [0.15, 0.2) is 0 Å². The van der Waals surface area contributed by atoms with Gasteiger partial charge in [-0.15, -0.1) is 0 Å². The minimum atomic E-state index is -1.28. The van der Waals surface area contributed by atoms with Gasteiger partial charge in [-0.05, 0) is 6.92 Å². The summed E-state index contributed by atoms with van der Waals surface area (Å²) in [6, 6.07) is 0. The zero-order valence-electron chi connectivity index (χ0n) is 6.93. The molecule has 4 atom stereocenters. The molecule has 1 fully saturated rings. The van der Waals surface area contributed by atoms with E-state index < -0.39 is 30.4 Å². The highest BCUT2D eigenvalue weighted by Crippen LogP contribution is 2.21. The van der Waals surface area contributed by atoms with E-state index in [1.165, 1.54) is 14.0 Å². The van der Waals surface area contributed by atoms with Crippen molar-refractivity contribution in [1.82, 2.24) is 0 Å². The van der Waals surface area contributed by atoms with Gasteiger partial charge < -0.3 is 19.7 Å². The van der Waals surface area contributed by atoms with Gasteiger partial charge in [0.15, 0.2) is 12.2 Å². The van der Waals surface area contributed by atoms with Gasteiger partial charge in [0.25, 0.3) is 0 Å². The fourth-order valence-electron chi connectivity index (χ4n) is 1.22. The summed E-state index contributed by atoms with van der Waals surface area (Å²) in [7, 11) is 1.35. The topological polar surface area (TPSA) is 76.0 Å². The third-order valence-corrected chi connectivity index (χ3v) is 1.88. The number of aliphatic hydroxyl groups excluding tert-OH is 2. The summed E-state index contributed by atoms with van der Waals surface area (Å²) in [6.45, 7) is 1.47. The zero-order chi connectivity index (χ0) is 9.30. The largest absolute Gasteiger partial charge is 0.455 e. The van der Waals surface area contributed by atoms with Gasteiger partial charge in [-0.2, -0.15) is 0 Å². The van der Waals surface area contributed by atoms with E-state index in [9.17, 15) is 4.79 Å². The molecule has 0 aromatic carbocycles. The van der Waals surface area contributed by atoms with Crippen LogP contribution >= 0.6 is 0 Å². The minimum Gasteiger partial charge on any atom is -0.455 e. The summed E-state index contributed by atoms with van der Waals surface area (Å²) >= 11 is 0. The molecule has 2 N–H and O–H groups in total. The molecule has 5 heteroatoms. The van der Waals surface area contributed by atoms with Crippen LogP contribution in [-0.2, 0) is 14.3 Å². The molecule has 0 aromatic rings. The summed E-state index contributed by atoms with van der Waals surface area (Å²) in [5.41, 5.74) is 0. The number of carbonyl (C=O) groups is 1. The fourth-order valence-corrected chi connectivity index (χ4v) is 1.22. The smallest absolute Gasteiger partial charge is 0.338 e. The summed E-state index contributed by atoms with van der Waals surface area (Å²) in [5, 5.41) is 18.3. The second-order valence-corrected chi connectivity index (χ2v) is 2.79. The van der Waals surface area contributed by atoms with E-state index in [0.717, 1.165) is 0 Å². The van der Waals surface area contributed by atoms with Gasteiger partial charge in [0.1, 0.15) is 6.10 Å². The Labute approximate surface area is 69.9 Å². The summed E-state index contributed by atoms with van der Waals surface area (Å²) in [6.07, 6.45) is -3.65. The Balaban J connectivity index is 2.71. The molecule has 1 aliphatic heterocycles. The predicted molar refractivity (Wildman–Crippen MR) is 38.4 cm³/mol. The van der Waals surface area contributed by atoms with Gasteiger partial charge in [0, 0.05) is 7.11 Å². The van der Waals surface area contributed by atoms with Crippen molar-refractivity contribution in [1.29, 1.82) is 0 Å². The summed E-state index contributed by atoms with van der Waals surface area (Å²) in [4.78, 5) is 10.8. The molecular weight excluding hydrogens is 164 g/mol. The molecule has 0 aliphatic carbocycles. The molecule has 0 spiro atoms. The number of carbonyl (C=O) groups excluding carboxylic acids is 1. The molecule has 1 heterocycles. The van der Waals surface area contributed by atoms with E-state index in [0.29, 0.717) is 0 Å². The molecule has 70 valence electrons. The maximum absolute atomic E-state index is 10.8. The lowest BCUT2D eigenvalue weighted by atomic mass is 10.1. The van der Waals surface area contributed by atoms with Gasteiger partial charge in [0.2, 0.25) is 0 Å². The van der Waals surface area contributed by atoms with Crippen molar-refractivity contribution in [2.45, 2.75) is 31.3 Å². The molecule has 0 bridgehead atoms. The van der Waals surface area contributed by atoms with E-state index in [4.69, 9.17) is 14.9 Å². The molecule has 0 saturated carbocycles. The standard InChI is InChI=1S/C7H12O5/c1-3(8)5-6(11-2)4(9)7(10)12-5/h3-6,8-9H,1-2H3/t3-,4+,5-,6-/m0/s1. The first-order chi connectivity index (χ1) is 5.57.